The number of carboxylic acids is 1. The average molecular weight is 834 g/mol. The number of furan rings is 1. The van der Waals surface area contributed by atoms with Crippen LogP contribution in [0.25, 0.3) is 22.1 Å². The normalized spacial score (nSPS) is 16.1. The molecule has 2 aliphatic heterocycles. The van der Waals surface area contributed by atoms with Crippen molar-refractivity contribution < 1.29 is 37.9 Å². The third kappa shape index (κ3) is 6.63. The van der Waals surface area contributed by atoms with Crippen molar-refractivity contribution in [1.82, 2.24) is 5.16 Å². The minimum absolute atomic E-state index is 0.0188. The maximum Gasteiger partial charge on any atom is 0.336 e. The lowest BCUT2D eigenvalue weighted by Crippen LogP contribution is -2.45. The third-order valence-electron chi connectivity index (χ3n) is 12.0. The second-order valence-electron chi connectivity index (χ2n) is 15.9. The molecule has 0 spiro atoms. The van der Waals surface area contributed by atoms with Crippen molar-refractivity contribution in [3.05, 3.63) is 124 Å². The Morgan fingerprint density at radius 2 is 1.43 bits per heavy atom. The Morgan fingerprint density at radius 1 is 0.721 bits per heavy atom. The first-order valence-electron chi connectivity index (χ1n) is 20.4. The summed E-state index contributed by atoms with van der Waals surface area (Å²) >= 11 is 1.33. The van der Waals surface area contributed by atoms with Crippen molar-refractivity contribution in [2.75, 3.05) is 45.8 Å². The molecule has 4 aliphatic rings. The number of aryl methyl sites for hydroxylation is 1. The van der Waals surface area contributed by atoms with E-state index >= 15 is 0 Å². The van der Waals surface area contributed by atoms with Crippen LogP contribution in [-0.2, 0) is 0 Å². The first-order chi connectivity index (χ1) is 29.8. The van der Waals surface area contributed by atoms with Crippen molar-refractivity contribution in [1.29, 1.82) is 0 Å². The van der Waals surface area contributed by atoms with E-state index in [1.54, 1.807) is 28.2 Å². The summed E-state index contributed by atoms with van der Waals surface area (Å²) in [5.41, 5.74) is 6.45. The van der Waals surface area contributed by atoms with Gasteiger partial charge in [0.15, 0.2) is 5.75 Å². The number of aromatic nitrogens is 1. The predicted octanol–water partition coefficient (Wildman–Crippen LogP) is 10.00. The van der Waals surface area contributed by atoms with Gasteiger partial charge in [0.25, 0.3) is 17.7 Å². The number of carbonyl (C=O) groups excluding carboxylic acids is 2. The Balaban J connectivity index is 0.887. The number of nitrogens with zero attached hydrogens (tertiary/aromatic N) is 5. The van der Waals surface area contributed by atoms with Gasteiger partial charge in [-0.05, 0) is 127 Å². The summed E-state index contributed by atoms with van der Waals surface area (Å²) in [6.45, 7) is 4.28. The highest BCUT2D eigenvalue weighted by atomic mass is 32.1. The average Bonchev–Trinajstić information content (AvgIpc) is 4.19. The smallest absolute Gasteiger partial charge is 0.336 e. The molecule has 2 saturated carbocycles. The van der Waals surface area contributed by atoms with Gasteiger partial charge in [0.05, 0.1) is 34.6 Å². The van der Waals surface area contributed by atoms with Gasteiger partial charge < -0.3 is 43.1 Å². The van der Waals surface area contributed by atoms with Crippen molar-refractivity contribution >= 4 is 62.8 Å². The number of rotatable bonds is 10. The van der Waals surface area contributed by atoms with E-state index in [1.165, 1.54) is 23.7 Å². The zero-order valence-corrected chi connectivity index (χ0v) is 33.9. The summed E-state index contributed by atoms with van der Waals surface area (Å²) in [6.07, 6.45) is 7.36. The summed E-state index contributed by atoms with van der Waals surface area (Å²) in [5.74, 6) is -0.251. The number of amides is 2. The van der Waals surface area contributed by atoms with Crippen LogP contribution in [0.5, 0.6) is 23.1 Å². The summed E-state index contributed by atoms with van der Waals surface area (Å²) in [6, 6.07) is 26.5. The largest absolute Gasteiger partial charge is 0.478 e. The fourth-order valence-electron chi connectivity index (χ4n) is 8.63. The van der Waals surface area contributed by atoms with E-state index in [4.69, 9.17) is 18.4 Å². The molecule has 7 aromatic rings. The van der Waals surface area contributed by atoms with Crippen molar-refractivity contribution in [3.63, 3.8) is 0 Å². The molecule has 5 heterocycles. The van der Waals surface area contributed by atoms with Gasteiger partial charge in [-0.25, -0.2) is 4.79 Å². The Bertz CT molecular complexity index is 2890. The topological polar surface area (TPSA) is 142 Å². The van der Waals surface area contributed by atoms with Crippen LogP contribution < -0.4 is 29.1 Å². The predicted molar refractivity (Wildman–Crippen MR) is 231 cm³/mol. The molecule has 306 valence electrons. The van der Waals surface area contributed by atoms with Gasteiger partial charge >= 0.3 is 5.97 Å². The van der Waals surface area contributed by atoms with Crippen molar-refractivity contribution in [3.8, 4) is 34.3 Å². The van der Waals surface area contributed by atoms with Gasteiger partial charge in [0, 0.05) is 43.6 Å². The van der Waals surface area contributed by atoms with Gasteiger partial charge in [-0.2, -0.15) is 0 Å². The molecule has 14 heteroatoms. The molecule has 2 aliphatic carbocycles. The minimum atomic E-state index is -1.11. The molecule has 13 nitrogen and oxygen atoms in total. The lowest BCUT2D eigenvalue weighted by atomic mass is 9.97. The van der Waals surface area contributed by atoms with Crippen molar-refractivity contribution in [2.45, 2.75) is 44.7 Å². The molecule has 0 bridgehead atoms. The summed E-state index contributed by atoms with van der Waals surface area (Å²) < 4.78 is 23.4. The molecule has 0 saturated heterocycles. The number of benzene rings is 4. The fraction of sp³-hybridized carbons (Fsp3) is 0.234. The molecular weight excluding hydrogens is 795 g/mol. The molecule has 0 atom stereocenters. The van der Waals surface area contributed by atoms with E-state index in [0.717, 1.165) is 65.0 Å². The Labute approximate surface area is 353 Å². The number of fused-ring (bicyclic) bond motifs is 3. The highest BCUT2D eigenvalue weighted by Gasteiger charge is 2.39. The molecule has 3 aromatic heterocycles. The van der Waals surface area contributed by atoms with Gasteiger partial charge in [0.1, 0.15) is 33.8 Å². The number of para-hydroxylation sites is 2. The van der Waals surface area contributed by atoms with Crippen LogP contribution in [0.2, 0.25) is 0 Å². The van der Waals surface area contributed by atoms with Crippen LogP contribution >= 0.6 is 11.3 Å². The van der Waals surface area contributed by atoms with Crippen LogP contribution in [0.15, 0.2) is 112 Å². The van der Waals surface area contributed by atoms with Crippen LogP contribution in [-0.4, -0.2) is 66.3 Å². The molecule has 2 fully saturated rings. The van der Waals surface area contributed by atoms with E-state index in [0.29, 0.717) is 65.8 Å². The minimum Gasteiger partial charge on any atom is -0.478 e. The maximum absolute atomic E-state index is 14.4. The molecule has 0 unspecified atom stereocenters. The van der Waals surface area contributed by atoms with Crippen LogP contribution in [0.4, 0.5) is 22.7 Å². The van der Waals surface area contributed by atoms with Crippen LogP contribution in [0, 0.1) is 6.92 Å². The Kier molecular flexibility index (Phi) is 8.84. The standard InChI is InChI=1S/C47H39N5O8S/c1-27-25-57-41-15-12-31(23-34(27)41)59-42-16-21-61-43(42)46(54)52-20-18-50(30-9-10-30)40-22-28(6-14-39(40)52)35-24-32(11-13-33(35)47(55)56)60-44-36(26-58-48-44)45(53)51-19-17-49(29-7-8-29)37-4-2-3-5-38(37)51/h2-6,11-16,21-26,29-30H,7-10,17-20H2,1H3,(H,55,56). The fourth-order valence-corrected chi connectivity index (χ4v) is 9.39. The quantitative estimate of drug-likeness (QED) is 0.141. The number of thiophene rings is 1. The SMILES string of the molecule is Cc1coc2ccc(Oc3ccsc3C(=O)N3CCN(C4CC4)c4cc(-c5cc(Oc6nocc6C(=O)N6CCN(C7CC7)c7ccccc76)ccc5C(=O)O)ccc43)cc12. The molecule has 1 N–H and O–H groups in total. The molecule has 4 aromatic carbocycles. The molecular formula is C47H39N5O8S. The second-order valence-corrected chi connectivity index (χ2v) is 16.8. The van der Waals surface area contributed by atoms with Gasteiger partial charge in [0.2, 0.25) is 0 Å². The number of aromatic carboxylic acids is 1. The summed E-state index contributed by atoms with van der Waals surface area (Å²) in [4.78, 5) is 49.9. The highest BCUT2D eigenvalue weighted by Crippen LogP contribution is 2.45. The van der Waals surface area contributed by atoms with E-state index in [-0.39, 0.29) is 34.6 Å². The zero-order chi connectivity index (χ0) is 41.4. The number of hydrogen-bond acceptors (Lipinski definition) is 11. The summed E-state index contributed by atoms with van der Waals surface area (Å²) in [5, 5.41) is 17.2. The first-order valence-corrected chi connectivity index (χ1v) is 21.3. The number of anilines is 4. The summed E-state index contributed by atoms with van der Waals surface area (Å²) in [7, 11) is 0. The number of ether oxygens (including phenoxy) is 2. The number of hydrogen-bond donors (Lipinski definition) is 1. The van der Waals surface area contributed by atoms with Gasteiger partial charge in [-0.1, -0.05) is 18.2 Å². The molecule has 2 amide bonds. The zero-order valence-electron chi connectivity index (χ0n) is 33.1. The number of carbonyl (C=O) groups is 3. The first kappa shape index (κ1) is 37.0. The number of carboxylic acid groups (broad SMARTS) is 1. The van der Waals surface area contributed by atoms with Crippen molar-refractivity contribution in [2.24, 2.45) is 0 Å². The van der Waals surface area contributed by atoms with E-state index in [2.05, 4.69) is 15.0 Å². The molecule has 11 rings (SSSR count). The van der Waals surface area contributed by atoms with E-state index < -0.39 is 5.97 Å². The monoisotopic (exact) mass is 833 g/mol. The molecule has 61 heavy (non-hydrogen) atoms. The lowest BCUT2D eigenvalue weighted by molar-refractivity contribution is 0.0697. The lowest BCUT2D eigenvalue weighted by Gasteiger charge is -2.38. The second kappa shape index (κ2) is 14.6. The van der Waals surface area contributed by atoms with Gasteiger partial charge in [-0.15, -0.1) is 11.3 Å². The Hall–Kier alpha value is -7.06. The van der Waals surface area contributed by atoms with E-state index in [1.807, 2.05) is 79.0 Å². The van der Waals surface area contributed by atoms with Gasteiger partial charge in [-0.3, -0.25) is 9.59 Å². The molecule has 0 radical (unpaired) electrons. The van der Waals surface area contributed by atoms with E-state index in [9.17, 15) is 19.5 Å². The third-order valence-corrected chi connectivity index (χ3v) is 12.8. The maximum atomic E-state index is 14.4. The Morgan fingerprint density at radius 3 is 2.20 bits per heavy atom. The highest BCUT2D eigenvalue weighted by molar-refractivity contribution is 7.12. The van der Waals surface area contributed by atoms with Crippen LogP contribution in [0.1, 0.15) is 61.6 Å². The van der Waals surface area contributed by atoms with Crippen LogP contribution in [0.3, 0.4) is 0 Å².